The molecule has 0 fully saturated rings. The van der Waals surface area contributed by atoms with E-state index in [1.807, 2.05) is 6.92 Å². The van der Waals surface area contributed by atoms with Crippen LogP contribution in [0.4, 0.5) is 13.2 Å². The minimum Gasteiger partial charge on any atom is -0.368 e. The molecule has 21 heavy (non-hydrogen) atoms. The molecule has 1 heterocycles. The van der Waals surface area contributed by atoms with E-state index >= 15 is 0 Å². The van der Waals surface area contributed by atoms with Crippen LogP contribution in [-0.4, -0.2) is 28.7 Å². The number of carbonyl (C=O) groups is 1. The number of rotatable bonds is 7. The van der Waals surface area contributed by atoms with Gasteiger partial charge in [0.2, 0.25) is 5.91 Å². The number of nitrogens with two attached hydrogens (primary N) is 1. The minimum atomic E-state index is -4.38. The van der Waals surface area contributed by atoms with E-state index in [1.165, 1.54) is 17.8 Å². The van der Waals surface area contributed by atoms with Crippen molar-refractivity contribution in [3.8, 4) is 0 Å². The van der Waals surface area contributed by atoms with E-state index in [9.17, 15) is 18.0 Å². The number of carbonyl (C=O) groups excluding carboxylic acids is 1. The Bertz CT molecular complexity index is 479. The van der Waals surface area contributed by atoms with E-state index in [4.69, 9.17) is 5.73 Å². The van der Waals surface area contributed by atoms with Crippen LogP contribution in [0, 0.1) is 0 Å². The standard InChI is InChI=1S/C13H18F3N3OS/c1-3-19-12(2,11(17)20)6-7-21-10-5-4-9(8-18-10)13(14,15)16/h4-5,8,19H,3,6-7H2,1-2H3,(H2,17,20). The molecule has 0 aliphatic heterocycles. The van der Waals surface area contributed by atoms with E-state index in [0.29, 0.717) is 23.7 Å². The second-order valence-corrected chi connectivity index (χ2v) is 5.82. The van der Waals surface area contributed by atoms with E-state index < -0.39 is 23.2 Å². The van der Waals surface area contributed by atoms with Gasteiger partial charge < -0.3 is 11.1 Å². The van der Waals surface area contributed by atoms with Gasteiger partial charge in [-0.2, -0.15) is 13.2 Å². The van der Waals surface area contributed by atoms with Crippen molar-refractivity contribution in [2.45, 2.75) is 37.0 Å². The lowest BCUT2D eigenvalue weighted by Gasteiger charge is -2.26. The first kappa shape index (κ1) is 17.8. The highest BCUT2D eigenvalue weighted by molar-refractivity contribution is 7.99. The molecular weight excluding hydrogens is 303 g/mol. The third-order valence-electron chi connectivity index (χ3n) is 3.03. The summed E-state index contributed by atoms with van der Waals surface area (Å²) in [5.74, 6) is 0.0653. The zero-order valence-electron chi connectivity index (χ0n) is 11.8. The van der Waals surface area contributed by atoms with Gasteiger partial charge in [0.25, 0.3) is 0 Å². The maximum absolute atomic E-state index is 12.4. The van der Waals surface area contributed by atoms with Crippen LogP contribution in [0.1, 0.15) is 25.8 Å². The second-order valence-electron chi connectivity index (χ2n) is 4.71. The molecule has 3 N–H and O–H groups in total. The number of alkyl halides is 3. The lowest BCUT2D eigenvalue weighted by Crippen LogP contribution is -2.53. The molecule has 1 aromatic rings. The molecule has 0 aliphatic rings. The molecule has 0 saturated carbocycles. The third-order valence-corrected chi connectivity index (χ3v) is 3.97. The number of hydrogen-bond donors (Lipinski definition) is 2. The van der Waals surface area contributed by atoms with Gasteiger partial charge in [-0.25, -0.2) is 4.98 Å². The van der Waals surface area contributed by atoms with Crippen LogP contribution in [0.3, 0.4) is 0 Å². The summed E-state index contributed by atoms with van der Waals surface area (Å²) in [7, 11) is 0. The molecule has 0 radical (unpaired) electrons. The minimum absolute atomic E-state index is 0.453. The summed E-state index contributed by atoms with van der Waals surface area (Å²) in [6.45, 7) is 4.17. The van der Waals surface area contributed by atoms with Gasteiger partial charge in [0.1, 0.15) is 0 Å². The van der Waals surface area contributed by atoms with Crippen LogP contribution < -0.4 is 11.1 Å². The van der Waals surface area contributed by atoms with Crippen molar-refractivity contribution < 1.29 is 18.0 Å². The fraction of sp³-hybridized carbons (Fsp3) is 0.538. The van der Waals surface area contributed by atoms with E-state index in [-0.39, 0.29) is 0 Å². The van der Waals surface area contributed by atoms with Crippen LogP contribution in [0.15, 0.2) is 23.4 Å². The zero-order chi connectivity index (χ0) is 16.1. The van der Waals surface area contributed by atoms with Crippen LogP contribution in [-0.2, 0) is 11.0 Å². The Hall–Kier alpha value is -1.28. The van der Waals surface area contributed by atoms with Gasteiger partial charge in [0.15, 0.2) is 0 Å². The highest BCUT2D eigenvalue weighted by atomic mass is 32.2. The maximum Gasteiger partial charge on any atom is 0.417 e. The molecule has 1 aromatic heterocycles. The number of pyridine rings is 1. The van der Waals surface area contributed by atoms with Gasteiger partial charge in [-0.3, -0.25) is 4.79 Å². The average Bonchev–Trinajstić information content (AvgIpc) is 2.38. The molecule has 118 valence electrons. The van der Waals surface area contributed by atoms with Crippen molar-refractivity contribution in [3.05, 3.63) is 23.9 Å². The molecular formula is C13H18F3N3OS. The number of hydrogen-bond acceptors (Lipinski definition) is 4. The summed E-state index contributed by atoms with van der Waals surface area (Å²) in [5.41, 5.74) is 3.75. The summed E-state index contributed by atoms with van der Waals surface area (Å²) in [4.78, 5) is 15.2. The molecule has 0 saturated heterocycles. The topological polar surface area (TPSA) is 68.0 Å². The van der Waals surface area contributed by atoms with Gasteiger partial charge >= 0.3 is 6.18 Å². The summed E-state index contributed by atoms with van der Waals surface area (Å²) >= 11 is 1.28. The van der Waals surface area contributed by atoms with Gasteiger partial charge in [0, 0.05) is 11.9 Å². The van der Waals surface area contributed by atoms with Crippen LogP contribution in [0.25, 0.3) is 0 Å². The summed E-state index contributed by atoms with van der Waals surface area (Å²) in [6.07, 6.45) is -3.12. The van der Waals surface area contributed by atoms with Crippen molar-refractivity contribution in [2.75, 3.05) is 12.3 Å². The molecule has 4 nitrogen and oxygen atoms in total. The van der Waals surface area contributed by atoms with E-state index in [1.54, 1.807) is 6.92 Å². The van der Waals surface area contributed by atoms with Crippen molar-refractivity contribution in [2.24, 2.45) is 5.73 Å². The molecule has 1 rings (SSSR count). The molecule has 0 aliphatic carbocycles. The molecule has 1 atom stereocenters. The van der Waals surface area contributed by atoms with E-state index in [0.717, 1.165) is 12.3 Å². The zero-order valence-corrected chi connectivity index (χ0v) is 12.6. The Balaban J connectivity index is 2.58. The molecule has 0 bridgehead atoms. The Kier molecular flexibility index (Phi) is 6.03. The van der Waals surface area contributed by atoms with Gasteiger partial charge in [-0.1, -0.05) is 6.92 Å². The molecule has 0 aromatic carbocycles. The predicted molar refractivity (Wildman–Crippen MR) is 75.9 cm³/mol. The van der Waals surface area contributed by atoms with Crippen molar-refractivity contribution in [3.63, 3.8) is 0 Å². The Morgan fingerprint density at radius 3 is 2.52 bits per heavy atom. The highest BCUT2D eigenvalue weighted by Gasteiger charge is 2.31. The summed E-state index contributed by atoms with van der Waals surface area (Å²) in [6, 6.07) is 2.31. The van der Waals surface area contributed by atoms with E-state index in [2.05, 4.69) is 10.3 Å². The first-order valence-corrected chi connectivity index (χ1v) is 7.38. The fourth-order valence-corrected chi connectivity index (χ4v) is 2.69. The smallest absolute Gasteiger partial charge is 0.368 e. The number of primary amides is 1. The monoisotopic (exact) mass is 321 g/mol. The van der Waals surface area contributed by atoms with Crippen molar-refractivity contribution in [1.82, 2.24) is 10.3 Å². The molecule has 8 heteroatoms. The average molecular weight is 321 g/mol. The van der Waals surface area contributed by atoms with Crippen LogP contribution in [0.5, 0.6) is 0 Å². The predicted octanol–water partition coefficient (Wildman–Crippen LogP) is 2.44. The number of nitrogens with zero attached hydrogens (tertiary/aromatic N) is 1. The number of halogens is 3. The Labute approximate surface area is 125 Å². The maximum atomic E-state index is 12.4. The normalized spacial score (nSPS) is 14.7. The largest absolute Gasteiger partial charge is 0.417 e. The first-order valence-electron chi connectivity index (χ1n) is 6.40. The summed E-state index contributed by atoms with van der Waals surface area (Å²) in [5, 5.41) is 3.49. The molecule has 1 unspecified atom stereocenters. The molecule has 0 spiro atoms. The third kappa shape index (κ3) is 5.20. The second kappa shape index (κ2) is 7.13. The van der Waals surface area contributed by atoms with Crippen molar-refractivity contribution in [1.29, 1.82) is 0 Å². The Morgan fingerprint density at radius 2 is 2.10 bits per heavy atom. The first-order chi connectivity index (χ1) is 9.69. The number of aromatic nitrogens is 1. The van der Waals surface area contributed by atoms with Gasteiger partial charge in [0.05, 0.1) is 16.1 Å². The van der Waals surface area contributed by atoms with Crippen LogP contribution >= 0.6 is 11.8 Å². The quantitative estimate of drug-likeness (QED) is 0.757. The van der Waals surface area contributed by atoms with Crippen LogP contribution in [0.2, 0.25) is 0 Å². The van der Waals surface area contributed by atoms with Gasteiger partial charge in [-0.05, 0) is 32.0 Å². The number of thioether (sulfide) groups is 1. The number of nitrogens with one attached hydrogen (secondary N) is 1. The SMILES string of the molecule is CCNC(C)(CCSc1ccc(C(F)(F)F)cn1)C(N)=O. The number of likely N-dealkylation sites (N-methyl/N-ethyl adjacent to an activating group) is 1. The fourth-order valence-electron chi connectivity index (χ4n) is 1.68. The van der Waals surface area contributed by atoms with Gasteiger partial charge in [-0.15, -0.1) is 11.8 Å². The Morgan fingerprint density at radius 1 is 1.43 bits per heavy atom. The number of amides is 1. The highest BCUT2D eigenvalue weighted by Crippen LogP contribution is 2.29. The summed E-state index contributed by atoms with van der Waals surface area (Å²) < 4.78 is 37.2. The molecule has 1 amide bonds. The van der Waals surface area contributed by atoms with Crippen molar-refractivity contribution >= 4 is 17.7 Å². The lowest BCUT2D eigenvalue weighted by atomic mass is 9.98. The lowest BCUT2D eigenvalue weighted by molar-refractivity contribution is -0.137.